The number of carbonyl (C=O) groups is 1. The number of aromatic nitrogens is 1. The molecular weight excluding hydrogens is 290 g/mol. The minimum absolute atomic E-state index is 0.189. The van der Waals surface area contributed by atoms with Crippen LogP contribution in [0.4, 0.5) is 5.69 Å². The van der Waals surface area contributed by atoms with E-state index in [1.54, 1.807) is 11.8 Å². The quantitative estimate of drug-likeness (QED) is 0.915. The molecule has 1 amide bonds. The van der Waals surface area contributed by atoms with E-state index in [2.05, 4.69) is 10.3 Å². The molecule has 1 aliphatic heterocycles. The van der Waals surface area contributed by atoms with Gasteiger partial charge in [-0.05, 0) is 31.9 Å². The van der Waals surface area contributed by atoms with Gasteiger partial charge >= 0.3 is 0 Å². The van der Waals surface area contributed by atoms with Gasteiger partial charge < -0.3 is 15.2 Å². The number of hydrogen-bond donors (Lipinski definition) is 2. The molecule has 0 radical (unpaired) electrons. The van der Waals surface area contributed by atoms with E-state index in [4.69, 9.17) is 0 Å². The highest BCUT2D eigenvalue weighted by Gasteiger charge is 2.25. The van der Waals surface area contributed by atoms with Crippen LogP contribution in [0.15, 0.2) is 47.4 Å². The number of nitrogens with zero attached hydrogens (tertiary/aromatic N) is 1. The van der Waals surface area contributed by atoms with Crippen LogP contribution in [-0.4, -0.2) is 34.9 Å². The fourth-order valence-corrected chi connectivity index (χ4v) is 2.96. The van der Waals surface area contributed by atoms with Crippen molar-refractivity contribution in [3.63, 3.8) is 0 Å². The molecule has 2 N–H and O–H groups in total. The van der Waals surface area contributed by atoms with Crippen LogP contribution in [0.3, 0.4) is 0 Å². The van der Waals surface area contributed by atoms with Crippen molar-refractivity contribution in [2.45, 2.75) is 25.8 Å². The smallest absolute Gasteiger partial charge is 0.259 e. The first-order valence-corrected chi connectivity index (χ1v) is 7.93. The SMILES string of the molecule is Cc1cc(=O)c(C(=O)N2CCCC(Nc3ccccc3)C2)c[nH]1. The number of piperidine rings is 1. The van der Waals surface area contributed by atoms with Crippen molar-refractivity contribution in [2.75, 3.05) is 18.4 Å². The summed E-state index contributed by atoms with van der Waals surface area (Å²) in [5.41, 5.74) is 1.81. The fourth-order valence-electron chi connectivity index (χ4n) is 2.96. The number of likely N-dealkylation sites (tertiary alicyclic amines) is 1. The van der Waals surface area contributed by atoms with Crippen molar-refractivity contribution < 1.29 is 4.79 Å². The van der Waals surface area contributed by atoms with Gasteiger partial charge in [-0.2, -0.15) is 0 Å². The second-order valence-corrected chi connectivity index (χ2v) is 5.99. The molecule has 1 atom stereocenters. The number of nitrogens with one attached hydrogen (secondary N) is 2. The largest absolute Gasteiger partial charge is 0.381 e. The third kappa shape index (κ3) is 3.62. The number of amides is 1. The van der Waals surface area contributed by atoms with Gasteiger partial charge in [0.05, 0.1) is 0 Å². The lowest BCUT2D eigenvalue weighted by Crippen LogP contribution is -2.46. The molecule has 2 aromatic rings. The van der Waals surface area contributed by atoms with E-state index in [-0.39, 0.29) is 22.9 Å². The van der Waals surface area contributed by atoms with Gasteiger partial charge in [0, 0.05) is 42.8 Å². The second-order valence-electron chi connectivity index (χ2n) is 5.99. The van der Waals surface area contributed by atoms with Crippen LogP contribution in [0.25, 0.3) is 0 Å². The Kier molecular flexibility index (Phi) is 4.46. The molecule has 5 heteroatoms. The van der Waals surface area contributed by atoms with Gasteiger partial charge in [0.15, 0.2) is 5.43 Å². The van der Waals surface area contributed by atoms with Crippen molar-refractivity contribution in [3.05, 3.63) is 64.1 Å². The third-order valence-electron chi connectivity index (χ3n) is 4.14. The van der Waals surface area contributed by atoms with E-state index in [1.807, 2.05) is 30.3 Å². The molecule has 1 aromatic carbocycles. The van der Waals surface area contributed by atoms with E-state index >= 15 is 0 Å². The predicted octanol–water partition coefficient (Wildman–Crippen LogP) is 2.40. The van der Waals surface area contributed by atoms with Crippen LogP contribution in [0.1, 0.15) is 28.9 Å². The minimum atomic E-state index is -0.218. The van der Waals surface area contributed by atoms with Crippen LogP contribution in [0, 0.1) is 6.92 Å². The Morgan fingerprint density at radius 3 is 2.83 bits per heavy atom. The minimum Gasteiger partial charge on any atom is -0.381 e. The Labute approximate surface area is 135 Å². The number of pyridine rings is 1. The summed E-state index contributed by atoms with van der Waals surface area (Å²) in [6, 6.07) is 11.7. The molecule has 1 saturated heterocycles. The Morgan fingerprint density at radius 2 is 2.09 bits per heavy atom. The molecule has 0 aliphatic carbocycles. The number of aromatic amines is 1. The van der Waals surface area contributed by atoms with Gasteiger partial charge in [0.1, 0.15) is 5.56 Å². The first kappa shape index (κ1) is 15.3. The lowest BCUT2D eigenvalue weighted by molar-refractivity contribution is 0.0713. The topological polar surface area (TPSA) is 65.2 Å². The highest BCUT2D eigenvalue weighted by Crippen LogP contribution is 2.17. The van der Waals surface area contributed by atoms with Crippen LogP contribution >= 0.6 is 0 Å². The second kappa shape index (κ2) is 6.69. The maximum absolute atomic E-state index is 12.6. The van der Waals surface area contributed by atoms with Gasteiger partial charge in [-0.25, -0.2) is 0 Å². The van der Waals surface area contributed by atoms with Gasteiger partial charge in [0.25, 0.3) is 5.91 Å². The molecule has 1 fully saturated rings. The zero-order valence-corrected chi connectivity index (χ0v) is 13.2. The molecule has 0 spiro atoms. The molecule has 120 valence electrons. The number of benzene rings is 1. The summed E-state index contributed by atoms with van der Waals surface area (Å²) in [7, 11) is 0. The van der Waals surface area contributed by atoms with Gasteiger partial charge in [-0.15, -0.1) is 0 Å². The maximum atomic E-state index is 12.6. The molecule has 0 saturated carbocycles. The first-order valence-electron chi connectivity index (χ1n) is 7.93. The van der Waals surface area contributed by atoms with E-state index in [0.29, 0.717) is 13.1 Å². The maximum Gasteiger partial charge on any atom is 0.259 e. The van der Waals surface area contributed by atoms with Gasteiger partial charge in [0.2, 0.25) is 0 Å². The lowest BCUT2D eigenvalue weighted by atomic mass is 10.0. The molecule has 5 nitrogen and oxygen atoms in total. The van der Waals surface area contributed by atoms with E-state index in [0.717, 1.165) is 24.2 Å². The standard InChI is InChI=1S/C18H21N3O2/c1-13-10-17(22)16(11-19-13)18(23)21-9-5-8-15(12-21)20-14-6-3-2-4-7-14/h2-4,6-7,10-11,15,20H,5,8-9,12H2,1H3,(H,19,22). The first-order chi connectivity index (χ1) is 11.1. The van der Waals surface area contributed by atoms with Gasteiger partial charge in [-0.3, -0.25) is 9.59 Å². The van der Waals surface area contributed by atoms with E-state index < -0.39 is 0 Å². The third-order valence-corrected chi connectivity index (χ3v) is 4.14. The summed E-state index contributed by atoms with van der Waals surface area (Å²) in [6.07, 6.45) is 3.47. The summed E-state index contributed by atoms with van der Waals surface area (Å²) in [5, 5.41) is 3.46. The van der Waals surface area contributed by atoms with Crippen LogP contribution in [0.2, 0.25) is 0 Å². The van der Waals surface area contributed by atoms with Crippen LogP contribution in [0.5, 0.6) is 0 Å². The number of para-hydroxylation sites is 1. The van der Waals surface area contributed by atoms with Crippen LogP contribution in [-0.2, 0) is 0 Å². The molecule has 23 heavy (non-hydrogen) atoms. The van der Waals surface area contributed by atoms with Crippen molar-refractivity contribution in [3.8, 4) is 0 Å². The molecular formula is C18H21N3O2. The van der Waals surface area contributed by atoms with E-state index in [9.17, 15) is 9.59 Å². The number of carbonyl (C=O) groups excluding carboxylic acids is 1. The van der Waals surface area contributed by atoms with Crippen molar-refractivity contribution in [2.24, 2.45) is 0 Å². The summed E-state index contributed by atoms with van der Waals surface area (Å²) in [6.45, 7) is 3.11. The van der Waals surface area contributed by atoms with Crippen molar-refractivity contribution >= 4 is 11.6 Å². The molecule has 1 aromatic heterocycles. The number of rotatable bonds is 3. The Bertz CT molecular complexity index is 739. The summed E-state index contributed by atoms with van der Waals surface area (Å²) < 4.78 is 0. The zero-order chi connectivity index (χ0) is 16.2. The molecule has 3 rings (SSSR count). The Morgan fingerprint density at radius 1 is 1.30 bits per heavy atom. The Hall–Kier alpha value is -2.56. The van der Waals surface area contributed by atoms with Gasteiger partial charge in [-0.1, -0.05) is 18.2 Å². The monoisotopic (exact) mass is 311 g/mol. The summed E-state index contributed by atoms with van der Waals surface area (Å²) >= 11 is 0. The average molecular weight is 311 g/mol. The highest BCUT2D eigenvalue weighted by atomic mass is 16.2. The fraction of sp³-hybridized carbons (Fsp3) is 0.333. The average Bonchev–Trinajstić information content (AvgIpc) is 2.55. The highest BCUT2D eigenvalue weighted by molar-refractivity contribution is 5.94. The van der Waals surface area contributed by atoms with Crippen molar-refractivity contribution in [1.82, 2.24) is 9.88 Å². The molecule has 1 unspecified atom stereocenters. The predicted molar refractivity (Wildman–Crippen MR) is 90.8 cm³/mol. The van der Waals surface area contributed by atoms with E-state index in [1.165, 1.54) is 12.3 Å². The molecule has 2 heterocycles. The molecule has 1 aliphatic rings. The normalized spacial score (nSPS) is 17.8. The lowest BCUT2D eigenvalue weighted by Gasteiger charge is -2.33. The summed E-state index contributed by atoms with van der Waals surface area (Å²) in [4.78, 5) is 29.3. The number of anilines is 1. The number of H-pyrrole nitrogens is 1. The number of aryl methyl sites for hydroxylation is 1. The molecule has 0 bridgehead atoms. The van der Waals surface area contributed by atoms with Crippen molar-refractivity contribution in [1.29, 1.82) is 0 Å². The zero-order valence-electron chi connectivity index (χ0n) is 13.2. The Balaban J connectivity index is 1.70. The van der Waals surface area contributed by atoms with Crippen LogP contribution < -0.4 is 10.7 Å². The number of hydrogen-bond acceptors (Lipinski definition) is 3. The summed E-state index contributed by atoms with van der Waals surface area (Å²) in [5.74, 6) is -0.189.